The van der Waals surface area contributed by atoms with Crippen LogP contribution in [0.25, 0.3) is 0 Å². The fourth-order valence-electron chi connectivity index (χ4n) is 1.24. The highest BCUT2D eigenvalue weighted by Gasteiger charge is 2.23. The monoisotopic (exact) mass is 227 g/mol. The number of hydrogen-bond acceptors (Lipinski definition) is 4. The van der Waals surface area contributed by atoms with Crippen LogP contribution in [0.15, 0.2) is 6.07 Å². The van der Waals surface area contributed by atoms with Gasteiger partial charge in [-0.05, 0) is 6.07 Å². The Balaban J connectivity index is 3.55. The molecule has 7 heteroatoms. The molecule has 0 aliphatic carbocycles. The standard InChI is InChI=1S/C9H7F2N3O2/c10-8(11)7-5(9(15)16)1-4(2-12)14-6(7)3-13/h1,8H,3,13H2,(H,15,16). The average Bonchev–Trinajstić information content (AvgIpc) is 2.26. The summed E-state index contributed by atoms with van der Waals surface area (Å²) in [5, 5.41) is 17.3. The molecule has 5 nitrogen and oxygen atoms in total. The van der Waals surface area contributed by atoms with Gasteiger partial charge in [0.1, 0.15) is 11.8 Å². The third-order valence-electron chi connectivity index (χ3n) is 1.89. The van der Waals surface area contributed by atoms with Crippen molar-refractivity contribution in [2.75, 3.05) is 0 Å². The molecule has 1 aromatic heterocycles. The van der Waals surface area contributed by atoms with Gasteiger partial charge in [0.25, 0.3) is 6.43 Å². The van der Waals surface area contributed by atoms with E-state index in [2.05, 4.69) is 4.98 Å². The fraction of sp³-hybridized carbons (Fsp3) is 0.222. The third kappa shape index (κ3) is 2.12. The average molecular weight is 227 g/mol. The summed E-state index contributed by atoms with van der Waals surface area (Å²) in [6, 6.07) is 2.40. The molecule has 0 saturated carbocycles. The zero-order chi connectivity index (χ0) is 12.3. The summed E-state index contributed by atoms with van der Waals surface area (Å²) in [6.07, 6.45) is -3.00. The van der Waals surface area contributed by atoms with E-state index in [1.165, 1.54) is 0 Å². The van der Waals surface area contributed by atoms with Gasteiger partial charge in [-0.3, -0.25) is 0 Å². The molecule has 0 amide bonds. The van der Waals surface area contributed by atoms with Crippen LogP contribution in [-0.2, 0) is 6.54 Å². The second kappa shape index (κ2) is 4.63. The Labute approximate surface area is 89.1 Å². The maximum atomic E-state index is 12.6. The summed E-state index contributed by atoms with van der Waals surface area (Å²) < 4.78 is 25.3. The lowest BCUT2D eigenvalue weighted by atomic mass is 10.1. The molecule has 3 N–H and O–H groups in total. The zero-order valence-corrected chi connectivity index (χ0v) is 7.94. The fourth-order valence-corrected chi connectivity index (χ4v) is 1.24. The SMILES string of the molecule is N#Cc1cc(C(=O)O)c(C(F)F)c(CN)n1. The highest BCUT2D eigenvalue weighted by Crippen LogP contribution is 2.26. The van der Waals surface area contributed by atoms with Crippen molar-refractivity contribution in [3.63, 3.8) is 0 Å². The smallest absolute Gasteiger partial charge is 0.336 e. The number of nitrogens with zero attached hydrogens (tertiary/aromatic N) is 2. The van der Waals surface area contributed by atoms with Gasteiger partial charge in [-0.2, -0.15) is 5.26 Å². The van der Waals surface area contributed by atoms with Gasteiger partial charge in [-0.1, -0.05) is 0 Å². The van der Waals surface area contributed by atoms with Crippen LogP contribution in [0.4, 0.5) is 8.78 Å². The van der Waals surface area contributed by atoms with Gasteiger partial charge in [-0.15, -0.1) is 0 Å². The Bertz CT molecular complexity index is 469. The number of nitriles is 1. The van der Waals surface area contributed by atoms with E-state index in [-0.39, 0.29) is 17.9 Å². The van der Waals surface area contributed by atoms with Gasteiger partial charge in [0.05, 0.1) is 16.8 Å². The molecule has 16 heavy (non-hydrogen) atoms. The van der Waals surface area contributed by atoms with Crippen molar-refractivity contribution in [3.05, 3.63) is 28.6 Å². The van der Waals surface area contributed by atoms with Crippen molar-refractivity contribution in [1.29, 1.82) is 5.26 Å². The highest BCUT2D eigenvalue weighted by atomic mass is 19.3. The maximum absolute atomic E-state index is 12.6. The van der Waals surface area contributed by atoms with E-state index in [0.29, 0.717) is 0 Å². The van der Waals surface area contributed by atoms with Crippen LogP contribution in [0, 0.1) is 11.3 Å². The molecule has 0 aromatic carbocycles. The minimum atomic E-state index is -3.00. The molecule has 84 valence electrons. The highest BCUT2D eigenvalue weighted by molar-refractivity contribution is 5.90. The van der Waals surface area contributed by atoms with Crippen LogP contribution in [0.1, 0.15) is 33.7 Å². The van der Waals surface area contributed by atoms with E-state index < -0.39 is 23.5 Å². The quantitative estimate of drug-likeness (QED) is 0.803. The minimum Gasteiger partial charge on any atom is -0.478 e. The lowest BCUT2D eigenvalue weighted by Crippen LogP contribution is -2.13. The summed E-state index contributed by atoms with van der Waals surface area (Å²) in [7, 11) is 0. The Morgan fingerprint density at radius 1 is 1.69 bits per heavy atom. The number of halogens is 2. The predicted molar refractivity (Wildman–Crippen MR) is 48.8 cm³/mol. The molecule has 0 aliphatic rings. The second-order valence-electron chi connectivity index (χ2n) is 2.84. The molecular formula is C9H7F2N3O2. The molecule has 0 aliphatic heterocycles. The van der Waals surface area contributed by atoms with Crippen molar-refractivity contribution in [3.8, 4) is 6.07 Å². The molecule has 0 saturated heterocycles. The number of pyridine rings is 1. The summed E-state index contributed by atoms with van der Waals surface area (Å²) in [5.74, 6) is -1.54. The number of carboxylic acid groups (broad SMARTS) is 1. The first-order chi connectivity index (χ1) is 7.51. The van der Waals surface area contributed by atoms with Crippen molar-refractivity contribution < 1.29 is 18.7 Å². The zero-order valence-electron chi connectivity index (χ0n) is 7.94. The largest absolute Gasteiger partial charge is 0.478 e. The Morgan fingerprint density at radius 2 is 2.31 bits per heavy atom. The number of carbonyl (C=O) groups is 1. The molecule has 0 bridgehead atoms. The van der Waals surface area contributed by atoms with Crippen molar-refractivity contribution in [1.82, 2.24) is 4.98 Å². The lowest BCUT2D eigenvalue weighted by molar-refractivity contribution is 0.0683. The van der Waals surface area contributed by atoms with E-state index in [0.717, 1.165) is 6.07 Å². The first-order valence-corrected chi connectivity index (χ1v) is 4.16. The number of rotatable bonds is 3. The summed E-state index contributed by atoms with van der Waals surface area (Å²) in [5.41, 5.74) is 3.30. The van der Waals surface area contributed by atoms with Crippen LogP contribution >= 0.6 is 0 Å². The first kappa shape index (κ1) is 12.0. The number of carboxylic acids is 1. The third-order valence-corrected chi connectivity index (χ3v) is 1.89. The molecule has 1 aromatic rings. The molecule has 1 rings (SSSR count). The van der Waals surface area contributed by atoms with E-state index in [1.807, 2.05) is 0 Å². The lowest BCUT2D eigenvalue weighted by Gasteiger charge is -2.09. The van der Waals surface area contributed by atoms with Gasteiger partial charge < -0.3 is 10.8 Å². The van der Waals surface area contributed by atoms with Gasteiger partial charge in [0.15, 0.2) is 0 Å². The number of nitrogens with two attached hydrogens (primary N) is 1. The topological polar surface area (TPSA) is 100 Å². The normalized spacial score (nSPS) is 10.2. The Hall–Kier alpha value is -2.07. The Kier molecular flexibility index (Phi) is 3.48. The molecular weight excluding hydrogens is 220 g/mol. The molecule has 0 unspecified atom stereocenters. The predicted octanol–water partition coefficient (Wildman–Crippen LogP) is 1.05. The van der Waals surface area contributed by atoms with E-state index in [1.54, 1.807) is 6.07 Å². The van der Waals surface area contributed by atoms with Crippen LogP contribution < -0.4 is 5.73 Å². The van der Waals surface area contributed by atoms with Crippen molar-refractivity contribution in [2.45, 2.75) is 13.0 Å². The molecule has 1 heterocycles. The van der Waals surface area contributed by atoms with Gasteiger partial charge in [0, 0.05) is 6.54 Å². The van der Waals surface area contributed by atoms with Crippen LogP contribution in [0.5, 0.6) is 0 Å². The van der Waals surface area contributed by atoms with Gasteiger partial charge in [0.2, 0.25) is 0 Å². The van der Waals surface area contributed by atoms with Crippen molar-refractivity contribution >= 4 is 5.97 Å². The molecule has 0 fully saturated rings. The first-order valence-electron chi connectivity index (χ1n) is 4.16. The maximum Gasteiger partial charge on any atom is 0.336 e. The van der Waals surface area contributed by atoms with Crippen LogP contribution in [-0.4, -0.2) is 16.1 Å². The minimum absolute atomic E-state index is 0.248. The van der Waals surface area contributed by atoms with E-state index in [9.17, 15) is 13.6 Å². The summed E-state index contributed by atoms with van der Waals surface area (Å²) in [6.45, 7) is -0.352. The van der Waals surface area contributed by atoms with Crippen LogP contribution in [0.2, 0.25) is 0 Å². The second-order valence-corrected chi connectivity index (χ2v) is 2.84. The summed E-state index contributed by atoms with van der Waals surface area (Å²) >= 11 is 0. The van der Waals surface area contributed by atoms with Gasteiger partial charge >= 0.3 is 5.97 Å². The number of alkyl halides is 2. The molecule has 0 radical (unpaired) electrons. The molecule has 0 atom stereocenters. The number of aromatic nitrogens is 1. The van der Waals surface area contributed by atoms with Crippen LogP contribution in [0.3, 0.4) is 0 Å². The van der Waals surface area contributed by atoms with E-state index in [4.69, 9.17) is 16.1 Å². The Morgan fingerprint density at radius 3 is 2.69 bits per heavy atom. The summed E-state index contributed by atoms with van der Waals surface area (Å²) in [4.78, 5) is 14.3. The van der Waals surface area contributed by atoms with E-state index >= 15 is 0 Å². The molecule has 0 spiro atoms. The number of aromatic carboxylic acids is 1. The number of hydrogen-bond donors (Lipinski definition) is 2. The van der Waals surface area contributed by atoms with Crippen molar-refractivity contribution in [2.24, 2.45) is 5.73 Å². The van der Waals surface area contributed by atoms with Gasteiger partial charge in [-0.25, -0.2) is 18.6 Å².